The number of nitrogens with one attached hydrogen (secondary N) is 1. The lowest BCUT2D eigenvalue weighted by Crippen LogP contribution is -2.27. The third-order valence-electron chi connectivity index (χ3n) is 3.54. The molecule has 1 aliphatic heterocycles. The summed E-state index contributed by atoms with van der Waals surface area (Å²) in [6, 6.07) is 4.61. The van der Waals surface area contributed by atoms with Crippen LogP contribution in [0.25, 0.3) is 11.5 Å². The highest BCUT2D eigenvalue weighted by Crippen LogP contribution is 2.27. The highest BCUT2D eigenvalue weighted by atomic mass is 19.1. The van der Waals surface area contributed by atoms with E-state index in [-0.39, 0.29) is 5.75 Å². The zero-order valence-electron chi connectivity index (χ0n) is 11.2. The van der Waals surface area contributed by atoms with Gasteiger partial charge >= 0.3 is 0 Å². The second-order valence-electron chi connectivity index (χ2n) is 4.83. The number of piperidine rings is 1. The molecule has 1 aliphatic rings. The van der Waals surface area contributed by atoms with Gasteiger partial charge in [0.15, 0.2) is 17.4 Å². The van der Waals surface area contributed by atoms with Crippen LogP contribution in [-0.4, -0.2) is 30.3 Å². The van der Waals surface area contributed by atoms with E-state index in [1.54, 1.807) is 12.1 Å². The van der Waals surface area contributed by atoms with Crippen molar-refractivity contribution in [1.29, 1.82) is 0 Å². The molecule has 0 spiro atoms. The fraction of sp³-hybridized carbons (Fsp3) is 0.429. The molecule has 6 heteroatoms. The number of hydrogen-bond donors (Lipinski definition) is 1. The van der Waals surface area contributed by atoms with Crippen LogP contribution in [0.5, 0.6) is 5.75 Å². The van der Waals surface area contributed by atoms with Crippen molar-refractivity contribution >= 4 is 0 Å². The normalized spacial score (nSPS) is 16.3. The average Bonchev–Trinajstić information content (AvgIpc) is 2.98. The molecule has 20 heavy (non-hydrogen) atoms. The van der Waals surface area contributed by atoms with Gasteiger partial charge in [-0.3, -0.25) is 0 Å². The van der Waals surface area contributed by atoms with Crippen LogP contribution in [0, 0.1) is 5.82 Å². The summed E-state index contributed by atoms with van der Waals surface area (Å²) in [7, 11) is 1.43. The number of halogens is 1. The molecule has 1 aromatic carbocycles. The highest BCUT2D eigenvalue weighted by molar-refractivity contribution is 5.54. The van der Waals surface area contributed by atoms with E-state index in [1.807, 2.05) is 0 Å². The molecular weight excluding hydrogens is 261 g/mol. The molecule has 0 unspecified atom stereocenters. The number of nitrogens with zero attached hydrogens (tertiary/aromatic N) is 2. The molecule has 1 aromatic heterocycles. The van der Waals surface area contributed by atoms with Gasteiger partial charge < -0.3 is 14.6 Å². The topological polar surface area (TPSA) is 60.2 Å². The number of benzene rings is 1. The molecule has 0 atom stereocenters. The minimum absolute atomic E-state index is 0.201. The highest BCUT2D eigenvalue weighted by Gasteiger charge is 2.21. The van der Waals surface area contributed by atoms with Gasteiger partial charge in [0.25, 0.3) is 5.89 Å². The Labute approximate surface area is 116 Å². The minimum Gasteiger partial charge on any atom is -0.494 e. The fourth-order valence-electron chi connectivity index (χ4n) is 2.40. The van der Waals surface area contributed by atoms with Crippen molar-refractivity contribution in [2.24, 2.45) is 0 Å². The standard InChI is InChI=1S/C14H16FN3O2/c1-19-12-3-2-10(8-11(12)15)14-17-13(18-20-14)9-4-6-16-7-5-9/h2-3,8-9,16H,4-7H2,1H3. The number of methoxy groups -OCH3 is 1. The van der Waals surface area contributed by atoms with E-state index in [4.69, 9.17) is 9.26 Å². The predicted molar refractivity (Wildman–Crippen MR) is 71.1 cm³/mol. The van der Waals surface area contributed by atoms with Gasteiger partial charge in [0.2, 0.25) is 0 Å². The van der Waals surface area contributed by atoms with Gasteiger partial charge in [-0.05, 0) is 44.1 Å². The van der Waals surface area contributed by atoms with E-state index in [0.29, 0.717) is 23.2 Å². The number of rotatable bonds is 3. The first-order valence-corrected chi connectivity index (χ1v) is 6.66. The molecule has 0 aliphatic carbocycles. The third kappa shape index (κ3) is 2.51. The van der Waals surface area contributed by atoms with Crippen molar-refractivity contribution in [2.75, 3.05) is 20.2 Å². The first kappa shape index (κ1) is 13.1. The number of ether oxygens (including phenoxy) is 1. The molecule has 5 nitrogen and oxygen atoms in total. The molecule has 106 valence electrons. The fourth-order valence-corrected chi connectivity index (χ4v) is 2.40. The average molecular weight is 277 g/mol. The summed E-state index contributed by atoms with van der Waals surface area (Å²) in [5, 5.41) is 7.31. The van der Waals surface area contributed by atoms with Crippen LogP contribution in [0.2, 0.25) is 0 Å². The van der Waals surface area contributed by atoms with Crippen LogP contribution in [-0.2, 0) is 0 Å². The van der Waals surface area contributed by atoms with E-state index < -0.39 is 5.82 Å². The summed E-state index contributed by atoms with van der Waals surface area (Å²) in [5.41, 5.74) is 0.566. The Morgan fingerprint density at radius 2 is 2.15 bits per heavy atom. The zero-order valence-corrected chi connectivity index (χ0v) is 11.2. The molecule has 0 radical (unpaired) electrons. The van der Waals surface area contributed by atoms with Gasteiger partial charge in [-0.2, -0.15) is 4.98 Å². The molecule has 2 aromatic rings. The van der Waals surface area contributed by atoms with Gasteiger partial charge in [-0.1, -0.05) is 5.16 Å². The van der Waals surface area contributed by atoms with Gasteiger partial charge in [0.05, 0.1) is 7.11 Å². The molecule has 3 rings (SSSR count). The quantitative estimate of drug-likeness (QED) is 0.933. The van der Waals surface area contributed by atoms with Crippen molar-refractivity contribution in [3.8, 4) is 17.2 Å². The summed E-state index contributed by atoms with van der Waals surface area (Å²) < 4.78 is 23.8. The Morgan fingerprint density at radius 3 is 2.85 bits per heavy atom. The maximum Gasteiger partial charge on any atom is 0.258 e. The van der Waals surface area contributed by atoms with E-state index in [1.165, 1.54) is 13.2 Å². The smallest absolute Gasteiger partial charge is 0.258 e. The molecule has 0 saturated carbocycles. The summed E-state index contributed by atoms with van der Waals surface area (Å²) in [6.07, 6.45) is 1.99. The van der Waals surface area contributed by atoms with Crippen molar-refractivity contribution in [1.82, 2.24) is 15.5 Å². The van der Waals surface area contributed by atoms with Crippen LogP contribution in [0.1, 0.15) is 24.6 Å². The lowest BCUT2D eigenvalue weighted by molar-refractivity contribution is 0.385. The largest absolute Gasteiger partial charge is 0.494 e. The Morgan fingerprint density at radius 1 is 1.35 bits per heavy atom. The lowest BCUT2D eigenvalue weighted by Gasteiger charge is -2.18. The first-order valence-electron chi connectivity index (χ1n) is 6.66. The van der Waals surface area contributed by atoms with Crippen LogP contribution in [0.4, 0.5) is 4.39 Å². The Balaban J connectivity index is 1.84. The Kier molecular flexibility index (Phi) is 3.64. The summed E-state index contributed by atoms with van der Waals surface area (Å²) in [4.78, 5) is 4.39. The molecule has 2 heterocycles. The molecule has 1 fully saturated rings. The summed E-state index contributed by atoms with van der Waals surface area (Å²) >= 11 is 0. The lowest BCUT2D eigenvalue weighted by atomic mass is 9.98. The maximum atomic E-state index is 13.7. The third-order valence-corrected chi connectivity index (χ3v) is 3.54. The van der Waals surface area contributed by atoms with Gasteiger partial charge in [-0.25, -0.2) is 4.39 Å². The first-order chi connectivity index (χ1) is 9.78. The van der Waals surface area contributed by atoms with E-state index in [2.05, 4.69) is 15.5 Å². The number of aromatic nitrogens is 2. The van der Waals surface area contributed by atoms with Gasteiger partial charge in [0.1, 0.15) is 0 Å². The molecular formula is C14H16FN3O2. The SMILES string of the molecule is COc1ccc(-c2nc(C3CCNCC3)no2)cc1F. The van der Waals surface area contributed by atoms with Crippen LogP contribution < -0.4 is 10.1 Å². The van der Waals surface area contributed by atoms with Crippen LogP contribution in [0.3, 0.4) is 0 Å². The second-order valence-corrected chi connectivity index (χ2v) is 4.83. The molecule has 0 bridgehead atoms. The molecule has 0 amide bonds. The van der Waals surface area contributed by atoms with Crippen LogP contribution in [0.15, 0.2) is 22.7 Å². The van der Waals surface area contributed by atoms with Crippen molar-refractivity contribution in [3.63, 3.8) is 0 Å². The van der Waals surface area contributed by atoms with Crippen molar-refractivity contribution < 1.29 is 13.7 Å². The van der Waals surface area contributed by atoms with Gasteiger partial charge in [-0.15, -0.1) is 0 Å². The van der Waals surface area contributed by atoms with E-state index in [0.717, 1.165) is 25.9 Å². The molecule has 1 saturated heterocycles. The van der Waals surface area contributed by atoms with Gasteiger partial charge in [0, 0.05) is 11.5 Å². The second kappa shape index (κ2) is 5.58. The summed E-state index contributed by atoms with van der Waals surface area (Å²) in [6.45, 7) is 1.93. The van der Waals surface area contributed by atoms with E-state index >= 15 is 0 Å². The Bertz CT molecular complexity index is 594. The zero-order chi connectivity index (χ0) is 13.9. The summed E-state index contributed by atoms with van der Waals surface area (Å²) in [5.74, 6) is 1.13. The monoisotopic (exact) mass is 277 g/mol. The van der Waals surface area contributed by atoms with Crippen molar-refractivity contribution in [2.45, 2.75) is 18.8 Å². The molecule has 1 N–H and O–H groups in total. The Hall–Kier alpha value is -1.95. The minimum atomic E-state index is -0.438. The maximum absolute atomic E-state index is 13.7. The number of hydrogen-bond acceptors (Lipinski definition) is 5. The van der Waals surface area contributed by atoms with E-state index in [9.17, 15) is 4.39 Å². The van der Waals surface area contributed by atoms with Crippen molar-refractivity contribution in [3.05, 3.63) is 29.8 Å². The predicted octanol–water partition coefficient (Wildman–Crippen LogP) is 2.35. The van der Waals surface area contributed by atoms with Crippen LogP contribution >= 0.6 is 0 Å².